The number of methoxy groups -OCH3 is 1. The molecule has 0 aliphatic heterocycles. The lowest BCUT2D eigenvalue weighted by Crippen LogP contribution is -2.15. The lowest BCUT2D eigenvalue weighted by Gasteiger charge is -2.08. The van der Waals surface area contributed by atoms with E-state index in [1.807, 2.05) is 46.3 Å². The van der Waals surface area contributed by atoms with Gasteiger partial charge in [0.25, 0.3) is 0 Å². The Kier molecular flexibility index (Phi) is 4.73. The summed E-state index contributed by atoms with van der Waals surface area (Å²) in [5.74, 6) is 0.775. The molecule has 5 nitrogen and oxygen atoms in total. The van der Waals surface area contributed by atoms with Gasteiger partial charge >= 0.3 is 0 Å². The summed E-state index contributed by atoms with van der Waals surface area (Å²) in [6.45, 7) is 0. The Labute approximate surface area is 195 Å². The number of amides is 1. The van der Waals surface area contributed by atoms with Crippen molar-refractivity contribution in [1.29, 1.82) is 0 Å². The lowest BCUT2D eigenvalue weighted by atomic mass is 10.1. The Bertz CT molecular complexity index is 1500. The van der Waals surface area contributed by atoms with Crippen LogP contribution in [0.3, 0.4) is 0 Å². The van der Waals surface area contributed by atoms with Crippen LogP contribution in [0, 0.1) is 0 Å². The largest absolute Gasteiger partial charge is 0.497 e. The predicted molar refractivity (Wildman–Crippen MR) is 132 cm³/mol. The van der Waals surface area contributed by atoms with E-state index >= 15 is 0 Å². The average Bonchev–Trinajstić information content (AvgIpc) is 3.52. The summed E-state index contributed by atoms with van der Waals surface area (Å²) >= 11 is 1.54. The topological polar surface area (TPSA) is 55.6 Å². The molecule has 0 fully saturated rings. The van der Waals surface area contributed by atoms with Crippen LogP contribution in [0.4, 0.5) is 5.69 Å². The Hall–Kier alpha value is -3.90. The number of hydrogen-bond acceptors (Lipinski definition) is 4. The summed E-state index contributed by atoms with van der Waals surface area (Å²) in [7, 11) is 1.65. The molecule has 1 aliphatic carbocycles. The highest BCUT2D eigenvalue weighted by Crippen LogP contribution is 2.37. The molecule has 6 rings (SSSR count). The van der Waals surface area contributed by atoms with Crippen LogP contribution in [0.5, 0.6) is 5.75 Å². The molecule has 1 aliphatic rings. The highest BCUT2D eigenvalue weighted by atomic mass is 32.1. The third kappa shape index (κ3) is 3.58. The van der Waals surface area contributed by atoms with Crippen LogP contribution >= 0.6 is 11.3 Å². The van der Waals surface area contributed by atoms with E-state index in [2.05, 4.69) is 41.7 Å². The zero-order valence-corrected chi connectivity index (χ0v) is 18.9. The number of rotatable bonds is 5. The van der Waals surface area contributed by atoms with Crippen molar-refractivity contribution in [2.45, 2.75) is 12.8 Å². The molecule has 0 bridgehead atoms. The van der Waals surface area contributed by atoms with Gasteiger partial charge in [-0.05, 0) is 65.1 Å². The second-order valence-electron chi connectivity index (χ2n) is 8.17. The van der Waals surface area contributed by atoms with Crippen molar-refractivity contribution in [2.75, 3.05) is 12.4 Å². The summed E-state index contributed by atoms with van der Waals surface area (Å²) < 4.78 is 7.24. The van der Waals surface area contributed by atoms with Crippen molar-refractivity contribution in [3.05, 3.63) is 95.1 Å². The first-order valence-electron chi connectivity index (χ1n) is 10.8. The summed E-state index contributed by atoms with van der Waals surface area (Å²) in [6.07, 6.45) is 3.18. The normalized spacial score (nSPS) is 11.9. The molecule has 0 unspecified atom stereocenters. The Morgan fingerprint density at radius 2 is 1.88 bits per heavy atom. The van der Waals surface area contributed by atoms with Crippen LogP contribution in [0.2, 0.25) is 0 Å². The van der Waals surface area contributed by atoms with Gasteiger partial charge in [0, 0.05) is 28.5 Å². The zero-order chi connectivity index (χ0) is 22.4. The van der Waals surface area contributed by atoms with Crippen LogP contribution in [-0.2, 0) is 17.6 Å². The quantitative estimate of drug-likeness (QED) is 0.359. The molecule has 0 saturated carbocycles. The summed E-state index contributed by atoms with van der Waals surface area (Å²) in [5, 5.41) is 5.07. The Morgan fingerprint density at radius 3 is 2.73 bits per heavy atom. The SMILES string of the molecule is COc1ccc(-c2cn3c(CC(=O)Nc4ccc5c(c4)Cc4ccccc4-5)csc3n2)cc1. The molecule has 2 aromatic heterocycles. The van der Waals surface area contributed by atoms with Gasteiger partial charge in [0.2, 0.25) is 5.91 Å². The van der Waals surface area contributed by atoms with E-state index in [1.54, 1.807) is 18.4 Å². The van der Waals surface area contributed by atoms with Gasteiger partial charge in [-0.2, -0.15) is 0 Å². The van der Waals surface area contributed by atoms with Gasteiger partial charge in [-0.25, -0.2) is 4.98 Å². The van der Waals surface area contributed by atoms with E-state index < -0.39 is 0 Å². The molecule has 162 valence electrons. The number of nitrogens with one attached hydrogen (secondary N) is 1. The van der Waals surface area contributed by atoms with Crippen molar-refractivity contribution < 1.29 is 9.53 Å². The summed E-state index contributed by atoms with van der Waals surface area (Å²) in [6, 6.07) is 22.5. The van der Waals surface area contributed by atoms with Crippen LogP contribution in [0.1, 0.15) is 16.8 Å². The monoisotopic (exact) mass is 451 g/mol. The lowest BCUT2D eigenvalue weighted by molar-refractivity contribution is -0.115. The van der Waals surface area contributed by atoms with E-state index in [-0.39, 0.29) is 12.3 Å². The number of carbonyl (C=O) groups is 1. The Balaban J connectivity index is 1.19. The smallest absolute Gasteiger partial charge is 0.230 e. The van der Waals surface area contributed by atoms with Gasteiger partial charge in [0.15, 0.2) is 4.96 Å². The van der Waals surface area contributed by atoms with E-state index in [0.29, 0.717) is 0 Å². The number of imidazole rings is 1. The molecule has 0 radical (unpaired) electrons. The third-order valence-electron chi connectivity index (χ3n) is 6.09. The van der Waals surface area contributed by atoms with Gasteiger partial charge < -0.3 is 10.1 Å². The molecule has 0 atom stereocenters. The minimum Gasteiger partial charge on any atom is -0.497 e. The second kappa shape index (κ2) is 7.90. The number of nitrogens with zero attached hydrogens (tertiary/aromatic N) is 2. The molecule has 1 N–H and O–H groups in total. The van der Waals surface area contributed by atoms with Crippen LogP contribution in [-0.4, -0.2) is 22.4 Å². The number of fused-ring (bicyclic) bond motifs is 4. The number of hydrogen-bond donors (Lipinski definition) is 1. The minimum atomic E-state index is -0.0372. The van der Waals surface area contributed by atoms with Crippen molar-refractivity contribution in [3.8, 4) is 28.1 Å². The van der Waals surface area contributed by atoms with Crippen molar-refractivity contribution in [2.24, 2.45) is 0 Å². The first-order chi connectivity index (χ1) is 16.2. The average molecular weight is 452 g/mol. The molecule has 0 spiro atoms. The van der Waals surface area contributed by atoms with E-state index in [4.69, 9.17) is 9.72 Å². The molecule has 5 aromatic rings. The molecule has 2 heterocycles. The second-order valence-corrected chi connectivity index (χ2v) is 9.00. The van der Waals surface area contributed by atoms with Crippen LogP contribution in [0.15, 0.2) is 78.3 Å². The maximum absolute atomic E-state index is 12.8. The van der Waals surface area contributed by atoms with Gasteiger partial charge in [0.1, 0.15) is 5.75 Å². The highest BCUT2D eigenvalue weighted by molar-refractivity contribution is 7.15. The highest BCUT2D eigenvalue weighted by Gasteiger charge is 2.19. The minimum absolute atomic E-state index is 0.0372. The maximum Gasteiger partial charge on any atom is 0.230 e. The fourth-order valence-electron chi connectivity index (χ4n) is 4.45. The number of aromatic nitrogens is 2. The van der Waals surface area contributed by atoms with Crippen molar-refractivity contribution >= 4 is 27.9 Å². The number of thiazole rings is 1. The summed E-state index contributed by atoms with van der Waals surface area (Å²) in [5.41, 5.74) is 8.79. The van der Waals surface area contributed by atoms with Crippen LogP contribution < -0.4 is 10.1 Å². The fourth-order valence-corrected chi connectivity index (χ4v) is 5.32. The molecule has 0 saturated heterocycles. The first kappa shape index (κ1) is 19.8. The zero-order valence-electron chi connectivity index (χ0n) is 18.0. The Morgan fingerprint density at radius 1 is 1.06 bits per heavy atom. The van der Waals surface area contributed by atoms with Crippen molar-refractivity contribution in [3.63, 3.8) is 0 Å². The number of benzene rings is 3. The number of carbonyl (C=O) groups excluding carboxylic acids is 1. The molecule has 1 amide bonds. The molecular formula is C27H21N3O2S. The molecular weight excluding hydrogens is 430 g/mol. The van der Waals surface area contributed by atoms with Gasteiger partial charge in [0.05, 0.1) is 19.2 Å². The van der Waals surface area contributed by atoms with E-state index in [9.17, 15) is 4.79 Å². The molecule has 3 aromatic carbocycles. The fraction of sp³-hybridized carbons (Fsp3) is 0.111. The van der Waals surface area contributed by atoms with Gasteiger partial charge in [-0.1, -0.05) is 30.3 Å². The first-order valence-corrected chi connectivity index (χ1v) is 11.7. The molecule has 6 heteroatoms. The standard InChI is InChI=1S/C27H21N3O2S/c1-32-22-9-6-17(7-10-22)25-15-30-21(16-33-27(30)29-25)14-26(31)28-20-8-11-24-19(13-20)12-18-4-2-3-5-23(18)24/h2-11,13,15-16H,12,14H2,1H3,(H,28,31). The number of ether oxygens (including phenoxy) is 1. The predicted octanol–water partition coefficient (Wildman–Crippen LogP) is 5.82. The van der Waals surface area contributed by atoms with Gasteiger partial charge in [-0.15, -0.1) is 11.3 Å². The number of anilines is 1. The van der Waals surface area contributed by atoms with Crippen molar-refractivity contribution in [1.82, 2.24) is 9.38 Å². The van der Waals surface area contributed by atoms with E-state index in [1.165, 1.54) is 22.3 Å². The summed E-state index contributed by atoms with van der Waals surface area (Å²) in [4.78, 5) is 18.4. The molecule has 33 heavy (non-hydrogen) atoms. The third-order valence-corrected chi connectivity index (χ3v) is 6.98. The van der Waals surface area contributed by atoms with Crippen LogP contribution in [0.25, 0.3) is 27.3 Å². The maximum atomic E-state index is 12.8. The van der Waals surface area contributed by atoms with E-state index in [0.717, 1.165) is 39.8 Å². The van der Waals surface area contributed by atoms with Gasteiger partial charge in [-0.3, -0.25) is 9.20 Å².